The van der Waals surface area contributed by atoms with Gasteiger partial charge in [-0.2, -0.15) is 0 Å². The molecule has 4 aromatic rings. The molecule has 0 saturated heterocycles. The van der Waals surface area contributed by atoms with Gasteiger partial charge in [-0.05, 0) is 33.7 Å². The van der Waals surface area contributed by atoms with E-state index in [0.29, 0.717) is 16.8 Å². The van der Waals surface area contributed by atoms with Gasteiger partial charge in [0.05, 0.1) is 5.71 Å². The number of primary amides is 1. The predicted molar refractivity (Wildman–Crippen MR) is 132 cm³/mol. The summed E-state index contributed by atoms with van der Waals surface area (Å²) >= 11 is 0.862. The van der Waals surface area contributed by atoms with Crippen LogP contribution >= 0.6 is 11.9 Å². The average molecular weight is 451 g/mol. The Morgan fingerprint density at radius 2 is 1.33 bits per heavy atom. The second-order valence-electron chi connectivity index (χ2n) is 8.25. The fourth-order valence-electron chi connectivity index (χ4n) is 4.65. The van der Waals surface area contributed by atoms with Crippen molar-refractivity contribution in [2.45, 2.75) is 10.4 Å². The topological polar surface area (TPSA) is 111 Å². The van der Waals surface area contributed by atoms with Crippen LogP contribution in [0.5, 0.6) is 0 Å². The normalized spacial score (nSPS) is 24.1. The van der Waals surface area contributed by atoms with Gasteiger partial charge in [0.1, 0.15) is 5.71 Å². The van der Waals surface area contributed by atoms with Gasteiger partial charge in [-0.25, -0.2) is 4.40 Å². The van der Waals surface area contributed by atoms with Crippen LogP contribution in [0.1, 0.15) is 11.1 Å². The molecule has 2 atom stereocenters. The summed E-state index contributed by atoms with van der Waals surface area (Å²) in [5.74, 6) is -1.26. The zero-order valence-electron chi connectivity index (χ0n) is 17.4. The van der Waals surface area contributed by atoms with Crippen LogP contribution in [-0.4, -0.2) is 33.5 Å². The summed E-state index contributed by atoms with van der Waals surface area (Å²) in [6.07, 6.45) is 0. The third-order valence-electron chi connectivity index (χ3n) is 6.40. The van der Waals surface area contributed by atoms with Crippen LogP contribution in [0.15, 0.2) is 94.3 Å². The van der Waals surface area contributed by atoms with E-state index in [1.165, 1.54) is 0 Å². The number of nitrogens with zero attached hydrogens (tertiary/aromatic N) is 2. The van der Waals surface area contributed by atoms with E-state index in [9.17, 15) is 9.59 Å². The first-order valence-corrected chi connectivity index (χ1v) is 11.2. The lowest BCUT2D eigenvalue weighted by atomic mass is 9.81. The lowest BCUT2D eigenvalue weighted by Crippen LogP contribution is -2.66. The monoisotopic (exact) mass is 450 g/mol. The van der Waals surface area contributed by atoms with E-state index in [4.69, 9.17) is 11.5 Å². The molecule has 2 heterocycles. The number of ketones is 1. The maximum Gasteiger partial charge on any atom is 0.255 e. The maximum absolute atomic E-state index is 13.6. The Kier molecular flexibility index (Phi) is 4.11. The Morgan fingerprint density at radius 3 is 1.94 bits per heavy atom. The molecule has 160 valence electrons. The van der Waals surface area contributed by atoms with Crippen molar-refractivity contribution in [3.05, 3.63) is 96.1 Å². The number of Topliss-reactive ketones (excluding diaryl/α,β-unsaturated/α-hetero) is 1. The minimum Gasteiger partial charge on any atom is -0.367 e. The number of amides is 1. The summed E-state index contributed by atoms with van der Waals surface area (Å²) in [7, 11) is 0. The first-order chi connectivity index (χ1) is 15.9. The molecular weight excluding hydrogens is 432 g/mol. The lowest BCUT2D eigenvalue weighted by molar-refractivity contribution is -0.124. The standard InChI is InChI=1S/C26H18N4O2S/c27-24(32)25-22(20-12-10-16-6-2-4-8-18(16)14-20)30-33-26(25,28)23(31)21(29-25)19-11-9-15-5-1-3-7-17(15)13-19/h1-14H,28H2,(H2,27,32). The van der Waals surface area contributed by atoms with Crippen LogP contribution in [0.25, 0.3) is 21.5 Å². The van der Waals surface area contributed by atoms with Crippen LogP contribution in [0.3, 0.4) is 0 Å². The Hall–Kier alpha value is -3.81. The zero-order chi connectivity index (χ0) is 22.8. The molecule has 6 nitrogen and oxygen atoms in total. The number of nitrogens with two attached hydrogens (primary N) is 2. The highest BCUT2D eigenvalue weighted by Crippen LogP contribution is 2.50. The van der Waals surface area contributed by atoms with Crippen molar-refractivity contribution in [2.75, 3.05) is 0 Å². The van der Waals surface area contributed by atoms with E-state index in [0.717, 1.165) is 33.5 Å². The highest BCUT2D eigenvalue weighted by Gasteiger charge is 2.70. The van der Waals surface area contributed by atoms with E-state index in [1.807, 2.05) is 84.9 Å². The van der Waals surface area contributed by atoms with Gasteiger partial charge in [0, 0.05) is 23.1 Å². The number of hydrogen-bond donors (Lipinski definition) is 2. The van der Waals surface area contributed by atoms with Crippen LogP contribution in [-0.2, 0) is 9.59 Å². The average Bonchev–Trinajstić information content (AvgIpc) is 3.27. The van der Waals surface area contributed by atoms with Gasteiger partial charge >= 0.3 is 0 Å². The minimum absolute atomic E-state index is 0.141. The number of rotatable bonds is 3. The summed E-state index contributed by atoms with van der Waals surface area (Å²) in [6, 6.07) is 27.0. The molecule has 2 unspecified atom stereocenters. The molecule has 0 bridgehead atoms. The van der Waals surface area contributed by atoms with Crippen molar-refractivity contribution < 1.29 is 9.59 Å². The third kappa shape index (κ3) is 2.60. The SMILES string of the molecule is NC(=O)C12N=C(c3ccc4ccccc4c3)C(=O)C1(N)SN=C2c1ccc2ccccc2c1. The Labute approximate surface area is 193 Å². The molecule has 0 aromatic heterocycles. The van der Waals surface area contributed by atoms with Crippen molar-refractivity contribution in [1.29, 1.82) is 0 Å². The number of carbonyl (C=O) groups excluding carboxylic acids is 2. The summed E-state index contributed by atoms with van der Waals surface area (Å²) < 4.78 is 4.47. The van der Waals surface area contributed by atoms with Gasteiger partial charge < -0.3 is 11.5 Å². The summed E-state index contributed by atoms with van der Waals surface area (Å²) in [5.41, 5.74) is 12.4. The maximum atomic E-state index is 13.6. The molecule has 0 saturated carbocycles. The van der Waals surface area contributed by atoms with Gasteiger partial charge in [-0.3, -0.25) is 14.6 Å². The number of aliphatic imine (C=N–C) groups is 1. The first kappa shape index (κ1) is 19.8. The van der Waals surface area contributed by atoms with Crippen molar-refractivity contribution >= 4 is 56.6 Å². The molecule has 0 fully saturated rings. The van der Waals surface area contributed by atoms with Gasteiger partial charge in [0.25, 0.3) is 5.91 Å². The van der Waals surface area contributed by atoms with Gasteiger partial charge in [-0.1, -0.05) is 72.8 Å². The summed E-state index contributed by atoms with van der Waals surface area (Å²) in [4.78, 5) is 29.5. The van der Waals surface area contributed by atoms with Gasteiger partial charge in [0.2, 0.25) is 11.3 Å². The number of benzene rings is 4. The molecule has 4 aromatic carbocycles. The second kappa shape index (κ2) is 6.84. The van der Waals surface area contributed by atoms with Crippen LogP contribution in [0.2, 0.25) is 0 Å². The van der Waals surface area contributed by atoms with Gasteiger partial charge in [0.15, 0.2) is 4.87 Å². The van der Waals surface area contributed by atoms with Crippen molar-refractivity contribution in [1.82, 2.24) is 0 Å². The molecule has 0 spiro atoms. The highest BCUT2D eigenvalue weighted by molar-refractivity contribution is 8.01. The largest absolute Gasteiger partial charge is 0.367 e. The number of hydrogen-bond acceptors (Lipinski definition) is 6. The fraction of sp³-hybridized carbons (Fsp3) is 0.0769. The number of carbonyl (C=O) groups is 2. The van der Waals surface area contributed by atoms with E-state index in [2.05, 4.69) is 9.39 Å². The molecular formula is C26H18N4O2S. The Balaban J connectivity index is 1.55. The second-order valence-corrected chi connectivity index (χ2v) is 9.26. The first-order valence-electron chi connectivity index (χ1n) is 10.4. The van der Waals surface area contributed by atoms with Crippen molar-refractivity contribution in [3.8, 4) is 0 Å². The van der Waals surface area contributed by atoms with Crippen molar-refractivity contribution in [2.24, 2.45) is 20.9 Å². The fourth-order valence-corrected chi connectivity index (χ4v) is 5.67. The summed E-state index contributed by atoms with van der Waals surface area (Å²) in [6.45, 7) is 0. The smallest absolute Gasteiger partial charge is 0.255 e. The van der Waals surface area contributed by atoms with E-state index >= 15 is 0 Å². The lowest BCUT2D eigenvalue weighted by Gasteiger charge is -2.30. The van der Waals surface area contributed by atoms with E-state index in [-0.39, 0.29) is 5.71 Å². The van der Waals surface area contributed by atoms with Crippen LogP contribution in [0.4, 0.5) is 0 Å². The molecule has 0 aliphatic carbocycles. The molecule has 6 rings (SSSR count). The van der Waals surface area contributed by atoms with Crippen molar-refractivity contribution in [3.63, 3.8) is 0 Å². The van der Waals surface area contributed by atoms with E-state index in [1.54, 1.807) is 0 Å². The molecule has 0 radical (unpaired) electrons. The van der Waals surface area contributed by atoms with Crippen LogP contribution < -0.4 is 11.5 Å². The molecule has 4 N–H and O–H groups in total. The zero-order valence-corrected chi connectivity index (χ0v) is 18.2. The third-order valence-corrected chi connectivity index (χ3v) is 7.44. The predicted octanol–water partition coefficient (Wildman–Crippen LogP) is 3.40. The Bertz CT molecular complexity index is 1580. The van der Waals surface area contributed by atoms with E-state index < -0.39 is 22.1 Å². The van der Waals surface area contributed by atoms with Crippen LogP contribution in [0, 0.1) is 0 Å². The molecule has 1 amide bonds. The highest BCUT2D eigenvalue weighted by atomic mass is 32.2. The summed E-state index contributed by atoms with van der Waals surface area (Å²) in [5, 5.41) is 4.01. The number of fused-ring (bicyclic) bond motifs is 3. The quantitative estimate of drug-likeness (QED) is 0.466. The molecule has 7 heteroatoms. The minimum atomic E-state index is -1.79. The van der Waals surface area contributed by atoms with Gasteiger partial charge in [-0.15, -0.1) is 0 Å². The Morgan fingerprint density at radius 1 is 0.788 bits per heavy atom. The molecule has 2 aliphatic heterocycles. The molecule has 2 aliphatic rings. The molecule has 33 heavy (non-hydrogen) atoms.